The number of carbonyl (C=O) groups is 2. The third kappa shape index (κ3) is 9.57. The van der Waals surface area contributed by atoms with Gasteiger partial charge in [-0.2, -0.15) is 0 Å². The minimum atomic E-state index is -1.32. The summed E-state index contributed by atoms with van der Waals surface area (Å²) in [5.74, 6) is 5.45. The van der Waals surface area contributed by atoms with Crippen molar-refractivity contribution in [3.05, 3.63) is 88.6 Å². The molecule has 0 saturated heterocycles. The number of ketones is 1. The predicted molar refractivity (Wildman–Crippen MR) is 252 cm³/mol. The smallest absolute Gasteiger partial charge is 0.318 e. The van der Waals surface area contributed by atoms with Gasteiger partial charge in [0.2, 0.25) is 0 Å². The molecule has 2 heterocycles. The highest BCUT2D eigenvalue weighted by Crippen LogP contribution is 2.66. The normalized spacial score (nSPS) is 29.3. The van der Waals surface area contributed by atoms with Gasteiger partial charge in [0.25, 0.3) is 0 Å². The number of benzene rings is 3. The number of cyclic esters (lactones) is 1. The second kappa shape index (κ2) is 19.7. The van der Waals surface area contributed by atoms with Crippen molar-refractivity contribution in [2.24, 2.45) is 29.1 Å². The lowest BCUT2D eigenvalue weighted by molar-refractivity contribution is -0.155. The molecule has 1 spiro atoms. The average molecular weight is 917 g/mol. The topological polar surface area (TPSA) is 211 Å². The van der Waals surface area contributed by atoms with Crippen LogP contribution in [0.3, 0.4) is 0 Å². The minimum absolute atomic E-state index is 0.0267. The molecule has 11 unspecified atom stereocenters. The molecule has 67 heavy (non-hydrogen) atoms. The Kier molecular flexibility index (Phi) is 13.7. The van der Waals surface area contributed by atoms with E-state index in [1.807, 2.05) is 24.3 Å². The zero-order valence-corrected chi connectivity index (χ0v) is 38.4. The molecule has 4 aromatic rings. The van der Waals surface area contributed by atoms with Crippen LogP contribution >= 0.6 is 0 Å². The molecule has 2 bridgehead atoms. The molecule has 9 rings (SSSR count). The summed E-state index contributed by atoms with van der Waals surface area (Å²) in [6, 6.07) is 16.5. The number of phenols is 2. The lowest BCUT2D eigenvalue weighted by Crippen LogP contribution is -2.51. The molecule has 3 saturated carbocycles. The van der Waals surface area contributed by atoms with Crippen LogP contribution in [0.4, 0.5) is 0 Å². The molecule has 11 atom stereocenters. The molecule has 13 heteroatoms. The lowest BCUT2D eigenvalue weighted by atomic mass is 9.48. The molecule has 5 aliphatic rings. The van der Waals surface area contributed by atoms with Crippen LogP contribution in [-0.4, -0.2) is 105 Å². The second-order valence-corrected chi connectivity index (χ2v) is 19.9. The van der Waals surface area contributed by atoms with Gasteiger partial charge in [-0.15, -0.1) is 0 Å². The predicted octanol–water partition coefficient (Wildman–Crippen LogP) is 6.22. The first-order chi connectivity index (χ1) is 32.3. The number of aromatic hydroxyl groups is 2. The van der Waals surface area contributed by atoms with E-state index in [0.29, 0.717) is 31.4 Å². The maximum Gasteiger partial charge on any atom is 0.318 e. The summed E-state index contributed by atoms with van der Waals surface area (Å²) in [5.41, 5.74) is 5.74. The van der Waals surface area contributed by atoms with Crippen molar-refractivity contribution in [1.29, 1.82) is 0 Å². The fourth-order valence-corrected chi connectivity index (χ4v) is 12.9. The van der Waals surface area contributed by atoms with E-state index in [1.165, 1.54) is 13.2 Å². The van der Waals surface area contributed by atoms with Gasteiger partial charge in [0.15, 0.2) is 23.0 Å². The summed E-state index contributed by atoms with van der Waals surface area (Å²) < 4.78 is 17.3. The zero-order valence-electron chi connectivity index (χ0n) is 38.4. The van der Waals surface area contributed by atoms with E-state index in [9.17, 15) is 35.4 Å². The molecule has 13 nitrogen and oxygen atoms in total. The first-order valence-corrected chi connectivity index (χ1v) is 24.1. The van der Waals surface area contributed by atoms with Crippen LogP contribution < -0.4 is 14.8 Å². The molecule has 4 aliphatic carbocycles. The van der Waals surface area contributed by atoms with Crippen molar-refractivity contribution in [2.45, 2.75) is 120 Å². The van der Waals surface area contributed by atoms with Gasteiger partial charge in [0.05, 0.1) is 37.7 Å². The largest absolute Gasteiger partial charge is 0.504 e. The molecule has 0 amide bonds. The van der Waals surface area contributed by atoms with Gasteiger partial charge in [-0.3, -0.25) is 9.59 Å². The summed E-state index contributed by atoms with van der Waals surface area (Å²) in [6.07, 6.45) is 4.50. The van der Waals surface area contributed by atoms with Crippen LogP contribution in [0.5, 0.6) is 23.0 Å². The number of fused-ring (bicyclic) bond motifs is 9. The van der Waals surface area contributed by atoms with Gasteiger partial charge in [-0.05, 0) is 139 Å². The van der Waals surface area contributed by atoms with Crippen molar-refractivity contribution in [3.63, 3.8) is 0 Å². The van der Waals surface area contributed by atoms with Gasteiger partial charge >= 0.3 is 5.97 Å². The maximum absolute atomic E-state index is 15.0. The number of nitrogens with one attached hydrogen (secondary N) is 2. The third-order valence-corrected chi connectivity index (χ3v) is 15.6. The standard InChI is InChI=1S/C54H64N2O11/c1-30(58)29-55-33-15-16-54(28-33)27-32-21-42-39-25-47(63)48(65-2)26-40(39)41(52(32)38-13-12-34(59)23-43(38)54)22-35(60)24-50(46(62)19-31-11-14-45(61)49(20-31)66-18-17-57)67-51(64)10-6-4-8-37-36-7-3-5-9-44(36)56-53(37)42/h3,5,7,9,11,14,20-21,25-26,30,32-34,38,41,43,46,50,52,55-59,61-63H,8,10,12-13,15-19,22-24,27-29H2,1-2H3. The third-order valence-electron chi connectivity index (χ3n) is 15.6. The number of aliphatic hydroxyl groups is 4. The van der Waals surface area contributed by atoms with Crippen molar-refractivity contribution in [3.8, 4) is 34.8 Å². The molecular weight excluding hydrogens is 853 g/mol. The van der Waals surface area contributed by atoms with Gasteiger partial charge in [-0.1, -0.05) is 42.2 Å². The molecule has 1 aliphatic heterocycles. The lowest BCUT2D eigenvalue weighted by Gasteiger charge is -2.57. The number of H-pyrrole nitrogens is 1. The van der Waals surface area contributed by atoms with E-state index in [0.717, 1.165) is 71.0 Å². The number of hydrogen-bond acceptors (Lipinski definition) is 12. The first-order valence-electron chi connectivity index (χ1n) is 24.1. The highest BCUT2D eigenvalue weighted by molar-refractivity contribution is 5.94. The Hall–Kier alpha value is -5.36. The van der Waals surface area contributed by atoms with Crippen molar-refractivity contribution < 1.29 is 54.4 Å². The van der Waals surface area contributed by atoms with Crippen molar-refractivity contribution in [2.75, 3.05) is 26.9 Å². The number of rotatable bonds is 10. The van der Waals surface area contributed by atoms with Crippen LogP contribution in [0.1, 0.15) is 105 Å². The number of hydrogen-bond donors (Lipinski definition) is 8. The number of aromatic amines is 1. The van der Waals surface area contributed by atoms with Gasteiger partial charge in [0, 0.05) is 54.7 Å². The summed E-state index contributed by atoms with van der Waals surface area (Å²) in [7, 11) is 1.52. The molecule has 3 aromatic carbocycles. The number of Topliss-reactive ketones (excluding diaryl/α,β-unsaturated/α-hetero) is 1. The minimum Gasteiger partial charge on any atom is -0.504 e. The molecule has 1 aromatic heterocycles. The number of aliphatic hydroxyl groups excluding tert-OH is 4. The van der Waals surface area contributed by atoms with Gasteiger partial charge in [-0.25, -0.2) is 0 Å². The Balaban J connectivity index is 1.19. The summed E-state index contributed by atoms with van der Waals surface area (Å²) in [5, 5.41) is 69.5. The van der Waals surface area contributed by atoms with Crippen molar-refractivity contribution >= 4 is 28.2 Å². The number of phenolic OH excluding ortho intramolecular Hbond substituents is 2. The summed E-state index contributed by atoms with van der Waals surface area (Å²) >= 11 is 0. The van der Waals surface area contributed by atoms with Crippen LogP contribution in [0.2, 0.25) is 0 Å². The SMILES string of the molecule is COc1cc2c(cc1O)C1=CC3CC4(CCC(NCC(C)O)C4)C4CC(O)CCC4C3C2CC(=O)CC(C(O)Cc2ccc(O)c(OCCO)c2)OC(=O)CC#CCc2c1[nH]c1ccccc21. The van der Waals surface area contributed by atoms with Crippen molar-refractivity contribution in [1.82, 2.24) is 10.3 Å². The average Bonchev–Trinajstić information content (AvgIpc) is 3.86. The Morgan fingerprint density at radius 2 is 1.79 bits per heavy atom. The second-order valence-electron chi connectivity index (χ2n) is 19.9. The molecule has 8 N–H and O–H groups in total. The van der Waals surface area contributed by atoms with Crippen LogP contribution in [0.25, 0.3) is 16.5 Å². The van der Waals surface area contributed by atoms with Gasteiger partial charge < -0.3 is 55.2 Å². The van der Waals surface area contributed by atoms with Crippen LogP contribution in [0.15, 0.2) is 60.7 Å². The van der Waals surface area contributed by atoms with Crippen LogP contribution in [0, 0.1) is 40.9 Å². The van der Waals surface area contributed by atoms with E-state index >= 15 is 4.79 Å². The maximum atomic E-state index is 15.0. The summed E-state index contributed by atoms with van der Waals surface area (Å²) in [4.78, 5) is 32.4. The molecule has 0 radical (unpaired) electrons. The molecular formula is C54H64N2O11. The number of ether oxygens (including phenoxy) is 3. The highest BCUT2D eigenvalue weighted by atomic mass is 16.6. The Bertz CT molecular complexity index is 2570. The Morgan fingerprint density at radius 1 is 0.970 bits per heavy atom. The number of carbonyl (C=O) groups excluding carboxylic acids is 2. The van der Waals surface area contributed by atoms with E-state index in [1.54, 1.807) is 25.1 Å². The fourth-order valence-electron chi connectivity index (χ4n) is 12.9. The number of methoxy groups -OCH3 is 1. The number of esters is 1. The number of aromatic nitrogens is 1. The monoisotopic (exact) mass is 916 g/mol. The molecule has 3 fully saturated rings. The fraction of sp³-hybridized carbons (Fsp3) is 0.519. The zero-order chi connectivity index (χ0) is 47.0. The quantitative estimate of drug-likeness (QED) is 0.0658. The Labute approximate surface area is 391 Å². The summed E-state index contributed by atoms with van der Waals surface area (Å²) in [6.45, 7) is 1.99. The van der Waals surface area contributed by atoms with Crippen LogP contribution in [-0.2, 0) is 27.2 Å². The number of para-hydroxylation sites is 1. The first kappa shape index (κ1) is 46.7. The van der Waals surface area contributed by atoms with E-state index in [-0.39, 0.29) is 103 Å². The Morgan fingerprint density at radius 3 is 2.60 bits per heavy atom. The van der Waals surface area contributed by atoms with E-state index in [2.05, 4.69) is 34.3 Å². The highest BCUT2D eigenvalue weighted by Gasteiger charge is 2.58. The van der Waals surface area contributed by atoms with Gasteiger partial charge in [0.1, 0.15) is 24.9 Å². The van der Waals surface area contributed by atoms with E-state index in [4.69, 9.17) is 14.2 Å². The number of allylic oxidation sites excluding steroid dienone is 1. The van der Waals surface area contributed by atoms with E-state index < -0.39 is 36.3 Å². The molecule has 356 valence electrons.